The summed E-state index contributed by atoms with van der Waals surface area (Å²) < 4.78 is 17.1. The van der Waals surface area contributed by atoms with Crippen molar-refractivity contribution in [3.8, 4) is 0 Å². The van der Waals surface area contributed by atoms with Crippen LogP contribution in [0.25, 0.3) is 11.0 Å². The number of halogens is 3. The lowest BCUT2D eigenvalue weighted by Gasteiger charge is -2.12. The number of hydrogen-bond donors (Lipinski definition) is 1. The van der Waals surface area contributed by atoms with Crippen LogP contribution in [0.15, 0.2) is 71.2 Å². The van der Waals surface area contributed by atoms with Crippen molar-refractivity contribution in [1.82, 2.24) is 14.9 Å². The van der Waals surface area contributed by atoms with E-state index in [0.717, 1.165) is 15.5 Å². The number of nitrogens with zero attached hydrogens (tertiary/aromatic N) is 2. The molecule has 1 heterocycles. The van der Waals surface area contributed by atoms with E-state index in [1.165, 1.54) is 6.07 Å². The number of para-hydroxylation sites is 2. The Morgan fingerprint density at radius 3 is 2.69 bits per heavy atom. The third-order valence-electron chi connectivity index (χ3n) is 4.61. The fraction of sp³-hybridized carbons (Fsp3) is 0.0909. The van der Waals surface area contributed by atoms with Gasteiger partial charge in [-0.15, -0.1) is 0 Å². The van der Waals surface area contributed by atoms with Gasteiger partial charge in [0, 0.05) is 20.6 Å². The first-order valence-corrected chi connectivity index (χ1v) is 10.1. The highest BCUT2D eigenvalue weighted by Crippen LogP contribution is 2.24. The Balaban J connectivity index is 1.66. The van der Waals surface area contributed by atoms with Crippen molar-refractivity contribution in [2.24, 2.45) is 0 Å². The molecule has 29 heavy (non-hydrogen) atoms. The highest BCUT2D eigenvalue weighted by atomic mass is 79.9. The molecule has 0 spiro atoms. The van der Waals surface area contributed by atoms with Crippen LogP contribution in [0.3, 0.4) is 0 Å². The topological polar surface area (TPSA) is 46.9 Å². The summed E-state index contributed by atoms with van der Waals surface area (Å²) in [7, 11) is 0. The molecular formula is C22H16BrClFN3O. The maximum absolute atomic E-state index is 14.4. The highest BCUT2D eigenvalue weighted by Gasteiger charge is 2.16. The van der Waals surface area contributed by atoms with Gasteiger partial charge in [-0.2, -0.15) is 0 Å². The number of hydrogen-bond acceptors (Lipinski definition) is 2. The van der Waals surface area contributed by atoms with E-state index in [1.54, 1.807) is 30.3 Å². The summed E-state index contributed by atoms with van der Waals surface area (Å²) in [5.74, 6) is 0.0297. The number of benzene rings is 3. The number of nitrogens with one attached hydrogen (secondary N) is 1. The minimum absolute atomic E-state index is 0.200. The molecule has 1 aromatic heterocycles. The highest BCUT2D eigenvalue weighted by molar-refractivity contribution is 9.10. The van der Waals surface area contributed by atoms with Gasteiger partial charge in [0.05, 0.1) is 24.1 Å². The molecule has 0 unspecified atom stereocenters. The van der Waals surface area contributed by atoms with Crippen molar-refractivity contribution < 1.29 is 9.18 Å². The van der Waals surface area contributed by atoms with E-state index >= 15 is 0 Å². The first kappa shape index (κ1) is 19.6. The molecule has 1 amide bonds. The zero-order valence-electron chi connectivity index (χ0n) is 15.2. The van der Waals surface area contributed by atoms with E-state index in [2.05, 4.69) is 26.2 Å². The van der Waals surface area contributed by atoms with Crippen LogP contribution in [-0.2, 0) is 13.1 Å². The minimum Gasteiger partial charge on any atom is -0.345 e. The summed E-state index contributed by atoms with van der Waals surface area (Å²) in [6.07, 6.45) is 0. The van der Waals surface area contributed by atoms with Crippen molar-refractivity contribution in [2.45, 2.75) is 13.1 Å². The normalized spacial score (nSPS) is 11.0. The molecule has 4 rings (SSSR count). The molecule has 0 atom stereocenters. The van der Waals surface area contributed by atoms with Crippen LogP contribution in [-0.4, -0.2) is 15.5 Å². The van der Waals surface area contributed by atoms with Gasteiger partial charge < -0.3 is 9.88 Å². The maximum Gasteiger partial charge on any atom is 0.251 e. The molecule has 0 saturated carbocycles. The average molecular weight is 473 g/mol. The molecule has 3 aromatic carbocycles. The monoisotopic (exact) mass is 471 g/mol. The molecular weight excluding hydrogens is 457 g/mol. The molecule has 7 heteroatoms. The van der Waals surface area contributed by atoms with Crippen LogP contribution in [0.5, 0.6) is 0 Å². The van der Waals surface area contributed by atoms with Crippen molar-refractivity contribution >= 4 is 44.5 Å². The summed E-state index contributed by atoms with van der Waals surface area (Å²) in [4.78, 5) is 17.1. The van der Waals surface area contributed by atoms with Crippen molar-refractivity contribution in [1.29, 1.82) is 0 Å². The first-order valence-electron chi connectivity index (χ1n) is 8.94. The van der Waals surface area contributed by atoms with Gasteiger partial charge in [0.2, 0.25) is 0 Å². The van der Waals surface area contributed by atoms with Crippen molar-refractivity contribution in [3.63, 3.8) is 0 Å². The van der Waals surface area contributed by atoms with Crippen molar-refractivity contribution in [3.05, 3.63) is 99.0 Å². The molecule has 0 fully saturated rings. The number of fused-ring (bicyclic) bond motifs is 1. The Morgan fingerprint density at radius 1 is 1.10 bits per heavy atom. The van der Waals surface area contributed by atoms with Gasteiger partial charge in [0.15, 0.2) is 0 Å². The SMILES string of the molecule is O=C(NCc1nc2ccccc2n1Cc1c(F)cccc1Cl)c1cccc(Br)c1. The summed E-state index contributed by atoms with van der Waals surface area (Å²) in [5, 5.41) is 3.24. The molecule has 4 nitrogen and oxygen atoms in total. The van der Waals surface area contributed by atoms with E-state index in [1.807, 2.05) is 34.9 Å². The van der Waals surface area contributed by atoms with Crippen LogP contribution in [0, 0.1) is 5.82 Å². The molecule has 0 radical (unpaired) electrons. The van der Waals surface area contributed by atoms with Gasteiger partial charge in [-0.1, -0.05) is 51.8 Å². The predicted molar refractivity (Wildman–Crippen MR) is 116 cm³/mol. The minimum atomic E-state index is -0.376. The molecule has 0 saturated heterocycles. The molecule has 0 aliphatic carbocycles. The number of rotatable bonds is 5. The number of imidazole rings is 1. The second-order valence-electron chi connectivity index (χ2n) is 6.50. The molecule has 0 aliphatic heterocycles. The average Bonchev–Trinajstić information content (AvgIpc) is 3.06. The number of amides is 1. The lowest BCUT2D eigenvalue weighted by Crippen LogP contribution is -2.25. The summed E-state index contributed by atoms with van der Waals surface area (Å²) in [6.45, 7) is 0.417. The van der Waals surface area contributed by atoms with E-state index < -0.39 is 0 Å². The molecule has 0 bridgehead atoms. The Bertz CT molecular complexity index is 1190. The standard InChI is InChI=1S/C22H16BrClFN3O/c23-15-6-3-5-14(11-15)22(29)26-12-21-27-19-9-1-2-10-20(19)28(21)13-16-17(24)7-4-8-18(16)25/h1-11H,12-13H2,(H,26,29). The van der Waals surface area contributed by atoms with Gasteiger partial charge in [0.1, 0.15) is 11.6 Å². The smallest absolute Gasteiger partial charge is 0.251 e. The van der Waals surface area contributed by atoms with Crippen LogP contribution < -0.4 is 5.32 Å². The van der Waals surface area contributed by atoms with E-state index in [9.17, 15) is 9.18 Å². The maximum atomic E-state index is 14.4. The van der Waals surface area contributed by atoms with Crippen LogP contribution in [0.2, 0.25) is 5.02 Å². The second-order valence-corrected chi connectivity index (χ2v) is 7.82. The van der Waals surface area contributed by atoms with E-state index in [-0.39, 0.29) is 24.8 Å². The van der Waals surface area contributed by atoms with Gasteiger partial charge in [-0.05, 0) is 42.5 Å². The van der Waals surface area contributed by atoms with Crippen LogP contribution >= 0.6 is 27.5 Å². The first-order chi connectivity index (χ1) is 14.0. The molecule has 0 aliphatic rings. The van der Waals surface area contributed by atoms with Gasteiger partial charge in [-0.3, -0.25) is 4.79 Å². The second kappa shape index (κ2) is 8.35. The summed E-state index contributed by atoms with van der Waals surface area (Å²) in [5.41, 5.74) is 2.54. The zero-order chi connectivity index (χ0) is 20.4. The third-order valence-corrected chi connectivity index (χ3v) is 5.45. The molecule has 4 aromatic rings. The summed E-state index contributed by atoms with van der Waals surface area (Å²) >= 11 is 9.59. The Morgan fingerprint density at radius 2 is 1.90 bits per heavy atom. The van der Waals surface area contributed by atoms with Crippen LogP contribution in [0.4, 0.5) is 4.39 Å². The largest absolute Gasteiger partial charge is 0.345 e. The Labute approximate surface area is 180 Å². The number of aromatic nitrogens is 2. The quantitative estimate of drug-likeness (QED) is 0.413. The number of carbonyl (C=O) groups is 1. The number of carbonyl (C=O) groups excluding carboxylic acids is 1. The van der Waals surface area contributed by atoms with Crippen LogP contribution in [0.1, 0.15) is 21.7 Å². The third kappa shape index (κ3) is 4.18. The Kier molecular flexibility index (Phi) is 5.65. The molecule has 1 N–H and O–H groups in total. The van der Waals surface area contributed by atoms with E-state index in [0.29, 0.717) is 22.0 Å². The predicted octanol–water partition coefficient (Wildman–Crippen LogP) is 5.57. The zero-order valence-corrected chi connectivity index (χ0v) is 17.5. The van der Waals surface area contributed by atoms with Gasteiger partial charge >= 0.3 is 0 Å². The molecule has 146 valence electrons. The lowest BCUT2D eigenvalue weighted by molar-refractivity contribution is 0.0949. The van der Waals surface area contributed by atoms with E-state index in [4.69, 9.17) is 11.6 Å². The van der Waals surface area contributed by atoms with Crippen molar-refractivity contribution in [2.75, 3.05) is 0 Å². The summed E-state index contributed by atoms with van der Waals surface area (Å²) in [6, 6.07) is 19.3. The van der Waals surface area contributed by atoms with Gasteiger partial charge in [0.25, 0.3) is 5.91 Å². The Hall–Kier alpha value is -2.70. The lowest BCUT2D eigenvalue weighted by atomic mass is 10.2. The fourth-order valence-corrected chi connectivity index (χ4v) is 3.79. The van der Waals surface area contributed by atoms with Gasteiger partial charge in [-0.25, -0.2) is 9.37 Å². The fourth-order valence-electron chi connectivity index (χ4n) is 3.17.